The molecule has 44 valence electrons. The highest BCUT2D eigenvalue weighted by Gasteiger charge is 1.72. The Morgan fingerprint density at radius 3 is 2.62 bits per heavy atom. The van der Waals surface area contributed by atoms with Crippen molar-refractivity contribution in [1.29, 1.82) is 0 Å². The maximum atomic E-state index is 3.87. The molecule has 0 bridgehead atoms. The van der Waals surface area contributed by atoms with E-state index >= 15 is 0 Å². The molecule has 0 saturated carbocycles. The van der Waals surface area contributed by atoms with Gasteiger partial charge in [-0.15, -0.1) is 0 Å². The van der Waals surface area contributed by atoms with E-state index in [1.165, 1.54) is 6.34 Å². The molecule has 0 fully saturated rings. The van der Waals surface area contributed by atoms with Gasteiger partial charge < -0.3 is 0 Å². The molecule has 0 heterocycles. The highest BCUT2D eigenvalue weighted by Crippen LogP contribution is 1.89. The van der Waals surface area contributed by atoms with Crippen LogP contribution >= 0.6 is 0 Å². The first-order valence-corrected chi connectivity index (χ1v) is 2.42. The fourth-order valence-corrected chi connectivity index (χ4v) is 0.206. The van der Waals surface area contributed by atoms with E-state index in [-0.39, 0.29) is 0 Å². The Morgan fingerprint density at radius 1 is 1.62 bits per heavy atom. The van der Waals surface area contributed by atoms with E-state index in [2.05, 4.69) is 16.7 Å². The topological polar surface area (TPSA) is 24.7 Å². The van der Waals surface area contributed by atoms with E-state index in [1.54, 1.807) is 0 Å². The van der Waals surface area contributed by atoms with Gasteiger partial charge in [0.2, 0.25) is 0 Å². The number of nitrogens with zero attached hydrogens (tertiary/aromatic N) is 2. The van der Waals surface area contributed by atoms with Crippen LogP contribution in [0.3, 0.4) is 0 Å². The zero-order chi connectivity index (χ0) is 6.41. The molecule has 0 atom stereocenters. The molecule has 2 nitrogen and oxygen atoms in total. The summed E-state index contributed by atoms with van der Waals surface area (Å²) in [6.07, 6.45) is 3.33. The van der Waals surface area contributed by atoms with Gasteiger partial charge in [0.15, 0.2) is 0 Å². The van der Waals surface area contributed by atoms with Crippen molar-refractivity contribution < 1.29 is 0 Å². The van der Waals surface area contributed by atoms with E-state index in [9.17, 15) is 0 Å². The van der Waals surface area contributed by atoms with Gasteiger partial charge in [0.1, 0.15) is 6.34 Å². The van der Waals surface area contributed by atoms with Crippen molar-refractivity contribution in [2.75, 3.05) is 0 Å². The summed E-state index contributed by atoms with van der Waals surface area (Å²) in [4.78, 5) is 7.31. The number of aliphatic imine (C=N–C) groups is 2. The van der Waals surface area contributed by atoms with E-state index in [4.69, 9.17) is 0 Å². The van der Waals surface area contributed by atoms with Crippen LogP contribution in [0.25, 0.3) is 0 Å². The van der Waals surface area contributed by atoms with Crippen LogP contribution in [0.1, 0.15) is 13.8 Å². The smallest absolute Gasteiger partial charge is 0.114 e. The molecular weight excluding hydrogens is 100 g/mol. The fraction of sp³-hybridized carbons (Fsp3) is 0.333. The van der Waals surface area contributed by atoms with Gasteiger partial charge in [-0.3, -0.25) is 4.99 Å². The normalized spacial score (nSPS) is 12.5. The molecular formula is C6H10N2. The third kappa shape index (κ3) is 3.28. The van der Waals surface area contributed by atoms with Crippen LogP contribution in [0.5, 0.6) is 0 Å². The number of hydrogen-bond donors (Lipinski definition) is 0. The zero-order valence-electron chi connectivity index (χ0n) is 5.26. The molecule has 0 unspecified atom stereocenters. The Hall–Kier alpha value is -0.920. The predicted molar refractivity (Wildman–Crippen MR) is 37.5 cm³/mol. The van der Waals surface area contributed by atoms with Gasteiger partial charge in [0.05, 0.1) is 0 Å². The van der Waals surface area contributed by atoms with Crippen molar-refractivity contribution in [3.8, 4) is 0 Å². The highest BCUT2D eigenvalue weighted by molar-refractivity contribution is 5.63. The number of hydrogen-bond acceptors (Lipinski definition) is 1. The SMILES string of the molecule is C=NC=N/C(C)=C\C. The summed E-state index contributed by atoms with van der Waals surface area (Å²) in [6.45, 7) is 7.07. The molecule has 0 spiro atoms. The summed E-state index contributed by atoms with van der Waals surface area (Å²) in [5.74, 6) is 0. The minimum absolute atomic E-state index is 0.956. The summed E-state index contributed by atoms with van der Waals surface area (Å²) in [7, 11) is 0. The molecule has 8 heavy (non-hydrogen) atoms. The van der Waals surface area contributed by atoms with Gasteiger partial charge >= 0.3 is 0 Å². The third-order valence-electron chi connectivity index (χ3n) is 0.761. The average molecular weight is 110 g/mol. The van der Waals surface area contributed by atoms with Crippen molar-refractivity contribution in [3.05, 3.63) is 11.8 Å². The first-order valence-electron chi connectivity index (χ1n) is 2.42. The van der Waals surface area contributed by atoms with Crippen LogP contribution in [0.15, 0.2) is 21.8 Å². The van der Waals surface area contributed by atoms with Crippen molar-refractivity contribution >= 4 is 13.1 Å². The molecule has 0 aliphatic rings. The van der Waals surface area contributed by atoms with Crippen LogP contribution in [-0.2, 0) is 0 Å². The van der Waals surface area contributed by atoms with Crippen molar-refractivity contribution in [2.24, 2.45) is 9.98 Å². The Morgan fingerprint density at radius 2 is 2.25 bits per heavy atom. The van der Waals surface area contributed by atoms with E-state index < -0.39 is 0 Å². The maximum Gasteiger partial charge on any atom is 0.114 e. The largest absolute Gasteiger partial charge is 0.253 e. The predicted octanol–water partition coefficient (Wildman–Crippen LogP) is 1.64. The van der Waals surface area contributed by atoms with E-state index in [0.29, 0.717) is 0 Å². The first kappa shape index (κ1) is 7.08. The van der Waals surface area contributed by atoms with Crippen molar-refractivity contribution in [2.45, 2.75) is 13.8 Å². The van der Waals surface area contributed by atoms with Crippen molar-refractivity contribution in [3.63, 3.8) is 0 Å². The second-order valence-electron chi connectivity index (χ2n) is 1.36. The van der Waals surface area contributed by atoms with Gasteiger partial charge in [-0.25, -0.2) is 4.99 Å². The lowest BCUT2D eigenvalue weighted by Crippen LogP contribution is -1.66. The van der Waals surface area contributed by atoms with Crippen LogP contribution in [0.2, 0.25) is 0 Å². The Kier molecular flexibility index (Phi) is 3.76. The Labute approximate surface area is 49.7 Å². The Bertz CT molecular complexity index is 122. The molecule has 0 N–H and O–H groups in total. The van der Waals surface area contributed by atoms with E-state index in [0.717, 1.165) is 5.70 Å². The van der Waals surface area contributed by atoms with Crippen LogP contribution < -0.4 is 0 Å². The van der Waals surface area contributed by atoms with Crippen LogP contribution in [0.4, 0.5) is 0 Å². The number of rotatable bonds is 2. The summed E-state index contributed by atoms with van der Waals surface area (Å²) in [5.41, 5.74) is 0.956. The summed E-state index contributed by atoms with van der Waals surface area (Å²) >= 11 is 0. The minimum Gasteiger partial charge on any atom is -0.253 e. The second-order valence-corrected chi connectivity index (χ2v) is 1.36. The average Bonchev–Trinajstić information content (AvgIpc) is 1.83. The molecule has 0 amide bonds. The van der Waals surface area contributed by atoms with Gasteiger partial charge in [-0.2, -0.15) is 0 Å². The monoisotopic (exact) mass is 110 g/mol. The number of allylic oxidation sites excluding steroid dienone is 2. The molecule has 0 aliphatic heterocycles. The van der Waals surface area contributed by atoms with Crippen LogP contribution in [-0.4, -0.2) is 13.1 Å². The van der Waals surface area contributed by atoms with Crippen molar-refractivity contribution in [1.82, 2.24) is 0 Å². The molecule has 0 aliphatic carbocycles. The van der Waals surface area contributed by atoms with Gasteiger partial charge in [0.25, 0.3) is 0 Å². The van der Waals surface area contributed by atoms with Gasteiger partial charge in [0, 0.05) is 5.70 Å². The first-order chi connectivity index (χ1) is 3.81. The summed E-state index contributed by atoms with van der Waals surface area (Å²) in [6, 6.07) is 0. The molecule has 0 saturated heterocycles. The lowest BCUT2D eigenvalue weighted by atomic mass is 10.5. The molecule has 0 aromatic rings. The fourth-order valence-electron chi connectivity index (χ4n) is 0.206. The standard InChI is InChI=1S/C6H10N2/c1-4-6(2)8-5-7-3/h4-5H,3H2,1-2H3/b6-4-,8-5?. The lowest BCUT2D eigenvalue weighted by molar-refractivity contribution is 1.29. The molecule has 2 heteroatoms. The summed E-state index contributed by atoms with van der Waals surface area (Å²) in [5, 5.41) is 0. The second kappa shape index (κ2) is 4.24. The third-order valence-corrected chi connectivity index (χ3v) is 0.761. The zero-order valence-corrected chi connectivity index (χ0v) is 5.26. The van der Waals surface area contributed by atoms with Gasteiger partial charge in [-0.1, -0.05) is 6.08 Å². The summed E-state index contributed by atoms with van der Waals surface area (Å²) < 4.78 is 0. The van der Waals surface area contributed by atoms with E-state index in [1.807, 2.05) is 19.9 Å². The van der Waals surface area contributed by atoms with Gasteiger partial charge in [-0.05, 0) is 20.6 Å². The minimum atomic E-state index is 0.956. The quantitative estimate of drug-likeness (QED) is 0.381. The maximum absolute atomic E-state index is 3.87. The molecule has 0 radical (unpaired) electrons. The highest BCUT2D eigenvalue weighted by atomic mass is 14.8. The molecule has 0 aromatic carbocycles. The lowest BCUT2D eigenvalue weighted by Gasteiger charge is -1.82. The Balaban J connectivity index is 3.69. The van der Waals surface area contributed by atoms with Crippen LogP contribution in [0, 0.1) is 0 Å². The molecule has 0 rings (SSSR count). The molecule has 0 aromatic heterocycles.